The first-order valence-corrected chi connectivity index (χ1v) is 10.3. The zero-order valence-electron chi connectivity index (χ0n) is 18.7. The molecule has 0 aromatic heterocycles. The van der Waals surface area contributed by atoms with Gasteiger partial charge in [0.2, 0.25) is 11.8 Å². The minimum Gasteiger partial charge on any atom is -0.497 e. The summed E-state index contributed by atoms with van der Waals surface area (Å²) in [6.07, 6.45) is 0.0714. The molecule has 7 heteroatoms. The Balaban J connectivity index is 2.07. The van der Waals surface area contributed by atoms with Crippen molar-refractivity contribution in [2.75, 3.05) is 19.0 Å². The van der Waals surface area contributed by atoms with E-state index >= 15 is 0 Å². The van der Waals surface area contributed by atoms with Crippen molar-refractivity contribution in [3.63, 3.8) is 0 Å². The van der Waals surface area contributed by atoms with Gasteiger partial charge in [-0.05, 0) is 54.3 Å². The molecular weight excluding hydrogens is 394 g/mol. The van der Waals surface area contributed by atoms with Crippen LogP contribution in [0.15, 0.2) is 42.5 Å². The van der Waals surface area contributed by atoms with Gasteiger partial charge in [-0.1, -0.05) is 26.0 Å². The molecule has 0 spiro atoms. The Morgan fingerprint density at radius 1 is 1.03 bits per heavy atom. The second kappa shape index (κ2) is 11.2. The number of methoxy groups -OCH3 is 1. The Kier molecular flexibility index (Phi) is 8.61. The zero-order chi connectivity index (χ0) is 23.0. The highest BCUT2D eigenvalue weighted by Gasteiger charge is 2.18. The van der Waals surface area contributed by atoms with Crippen LogP contribution >= 0.6 is 0 Å². The lowest BCUT2D eigenvalue weighted by atomic mass is 10.0. The molecule has 0 radical (unpaired) electrons. The molecule has 7 nitrogen and oxygen atoms in total. The SMILES string of the molecule is COc1ccc(C(CC(=O)Nc2ccc(C(=O)NCC(C)C)cc2C)NC(C)=O)cc1. The second-order valence-corrected chi connectivity index (χ2v) is 7.91. The summed E-state index contributed by atoms with van der Waals surface area (Å²) < 4.78 is 5.16. The Morgan fingerprint density at radius 2 is 1.71 bits per heavy atom. The fourth-order valence-electron chi connectivity index (χ4n) is 3.06. The van der Waals surface area contributed by atoms with Gasteiger partial charge >= 0.3 is 0 Å². The number of hydrogen-bond donors (Lipinski definition) is 3. The molecule has 0 saturated carbocycles. The molecule has 31 heavy (non-hydrogen) atoms. The van der Waals surface area contributed by atoms with Crippen LogP contribution < -0.4 is 20.7 Å². The summed E-state index contributed by atoms with van der Waals surface area (Å²) in [5, 5.41) is 8.58. The minimum absolute atomic E-state index is 0.0714. The maximum Gasteiger partial charge on any atom is 0.251 e. The van der Waals surface area contributed by atoms with Crippen LogP contribution in [0.2, 0.25) is 0 Å². The molecule has 2 rings (SSSR count). The number of ether oxygens (including phenoxy) is 1. The Hall–Kier alpha value is -3.35. The third kappa shape index (κ3) is 7.44. The number of nitrogens with one attached hydrogen (secondary N) is 3. The third-order valence-electron chi connectivity index (χ3n) is 4.72. The monoisotopic (exact) mass is 425 g/mol. The molecule has 3 N–H and O–H groups in total. The van der Waals surface area contributed by atoms with Gasteiger partial charge in [0, 0.05) is 24.7 Å². The maximum absolute atomic E-state index is 12.7. The summed E-state index contributed by atoms with van der Waals surface area (Å²) in [7, 11) is 1.58. The van der Waals surface area contributed by atoms with Gasteiger partial charge in [-0.25, -0.2) is 0 Å². The van der Waals surface area contributed by atoms with E-state index in [1.165, 1.54) is 6.92 Å². The van der Waals surface area contributed by atoms with E-state index in [0.29, 0.717) is 29.5 Å². The van der Waals surface area contributed by atoms with Crippen molar-refractivity contribution in [3.05, 3.63) is 59.2 Å². The number of anilines is 1. The molecule has 2 aromatic carbocycles. The van der Waals surface area contributed by atoms with Crippen molar-refractivity contribution in [1.29, 1.82) is 0 Å². The zero-order valence-corrected chi connectivity index (χ0v) is 18.7. The van der Waals surface area contributed by atoms with E-state index in [4.69, 9.17) is 4.74 Å². The van der Waals surface area contributed by atoms with Crippen molar-refractivity contribution in [1.82, 2.24) is 10.6 Å². The second-order valence-electron chi connectivity index (χ2n) is 7.91. The van der Waals surface area contributed by atoms with Crippen LogP contribution in [-0.4, -0.2) is 31.4 Å². The van der Waals surface area contributed by atoms with Crippen molar-refractivity contribution in [3.8, 4) is 5.75 Å². The van der Waals surface area contributed by atoms with Gasteiger partial charge < -0.3 is 20.7 Å². The quantitative estimate of drug-likeness (QED) is 0.572. The maximum atomic E-state index is 12.7. The molecule has 0 aliphatic carbocycles. The van der Waals surface area contributed by atoms with E-state index in [-0.39, 0.29) is 24.1 Å². The standard InChI is InChI=1S/C24H31N3O4/c1-15(2)14-25-24(30)19-8-11-21(16(3)12-19)27-23(29)13-22(26-17(4)28)18-6-9-20(31-5)10-7-18/h6-12,15,22H,13-14H2,1-5H3,(H,25,30)(H,26,28)(H,27,29). The van der Waals surface area contributed by atoms with Crippen LogP contribution in [0.1, 0.15) is 54.7 Å². The van der Waals surface area contributed by atoms with Crippen molar-refractivity contribution in [2.45, 2.75) is 40.2 Å². The van der Waals surface area contributed by atoms with Gasteiger partial charge in [-0.3, -0.25) is 14.4 Å². The summed E-state index contributed by atoms with van der Waals surface area (Å²) in [5.41, 5.74) is 2.76. The van der Waals surface area contributed by atoms with Crippen molar-refractivity contribution in [2.24, 2.45) is 5.92 Å². The first-order valence-electron chi connectivity index (χ1n) is 10.3. The fourth-order valence-corrected chi connectivity index (χ4v) is 3.06. The van der Waals surface area contributed by atoms with Gasteiger partial charge in [0.25, 0.3) is 5.91 Å². The van der Waals surface area contributed by atoms with Crippen LogP contribution in [0.25, 0.3) is 0 Å². The highest BCUT2D eigenvalue weighted by atomic mass is 16.5. The summed E-state index contributed by atoms with van der Waals surface area (Å²) in [5.74, 6) is 0.463. The number of carbonyl (C=O) groups excluding carboxylic acids is 3. The lowest BCUT2D eigenvalue weighted by Gasteiger charge is -2.19. The van der Waals surface area contributed by atoms with Crippen LogP contribution in [0, 0.1) is 12.8 Å². The number of aryl methyl sites for hydroxylation is 1. The molecule has 0 fully saturated rings. The topological polar surface area (TPSA) is 96.5 Å². The van der Waals surface area contributed by atoms with E-state index in [0.717, 1.165) is 11.1 Å². The highest BCUT2D eigenvalue weighted by Crippen LogP contribution is 2.22. The van der Waals surface area contributed by atoms with Gasteiger partial charge in [0.1, 0.15) is 5.75 Å². The Bertz CT molecular complexity index is 923. The highest BCUT2D eigenvalue weighted by molar-refractivity contribution is 5.96. The molecule has 166 valence electrons. The van der Waals surface area contributed by atoms with Crippen LogP contribution in [-0.2, 0) is 9.59 Å². The number of carbonyl (C=O) groups is 3. The minimum atomic E-state index is -0.468. The molecule has 2 aromatic rings. The van der Waals surface area contributed by atoms with Gasteiger partial charge in [0.05, 0.1) is 19.6 Å². The van der Waals surface area contributed by atoms with E-state index in [2.05, 4.69) is 16.0 Å². The molecule has 0 heterocycles. The number of amides is 3. The van der Waals surface area contributed by atoms with Crippen molar-refractivity contribution < 1.29 is 19.1 Å². The summed E-state index contributed by atoms with van der Waals surface area (Å²) in [4.78, 5) is 36.6. The van der Waals surface area contributed by atoms with E-state index in [9.17, 15) is 14.4 Å². The largest absolute Gasteiger partial charge is 0.497 e. The summed E-state index contributed by atoms with van der Waals surface area (Å²) in [6.45, 7) is 7.92. The first-order chi connectivity index (χ1) is 14.7. The van der Waals surface area contributed by atoms with Gasteiger partial charge in [-0.2, -0.15) is 0 Å². The predicted octanol–water partition coefficient (Wildman–Crippen LogP) is 3.60. The lowest BCUT2D eigenvalue weighted by molar-refractivity contribution is -0.120. The summed E-state index contributed by atoms with van der Waals surface area (Å²) in [6, 6.07) is 11.9. The number of benzene rings is 2. The van der Waals surface area contributed by atoms with Crippen LogP contribution in [0.5, 0.6) is 5.75 Å². The van der Waals surface area contributed by atoms with E-state index in [1.807, 2.05) is 32.9 Å². The number of hydrogen-bond acceptors (Lipinski definition) is 4. The van der Waals surface area contributed by atoms with E-state index in [1.54, 1.807) is 37.4 Å². The first kappa shape index (κ1) is 23.9. The molecule has 0 saturated heterocycles. The van der Waals surface area contributed by atoms with Gasteiger partial charge in [-0.15, -0.1) is 0 Å². The molecule has 1 atom stereocenters. The Labute approximate surface area is 183 Å². The van der Waals surface area contributed by atoms with E-state index < -0.39 is 6.04 Å². The fraction of sp³-hybridized carbons (Fsp3) is 0.375. The smallest absolute Gasteiger partial charge is 0.251 e. The molecule has 3 amide bonds. The number of rotatable bonds is 9. The Morgan fingerprint density at radius 3 is 2.26 bits per heavy atom. The van der Waals surface area contributed by atoms with Gasteiger partial charge in [0.15, 0.2) is 0 Å². The van der Waals surface area contributed by atoms with Crippen molar-refractivity contribution >= 4 is 23.4 Å². The predicted molar refractivity (Wildman–Crippen MR) is 121 cm³/mol. The normalized spacial score (nSPS) is 11.5. The van der Waals surface area contributed by atoms with Crippen LogP contribution in [0.4, 0.5) is 5.69 Å². The third-order valence-corrected chi connectivity index (χ3v) is 4.72. The average Bonchev–Trinajstić information content (AvgIpc) is 2.72. The summed E-state index contributed by atoms with van der Waals surface area (Å²) >= 11 is 0. The lowest BCUT2D eigenvalue weighted by Crippen LogP contribution is -2.30. The molecule has 0 aliphatic rings. The molecule has 1 unspecified atom stereocenters. The molecule has 0 aliphatic heterocycles. The molecular formula is C24H31N3O4. The van der Waals surface area contributed by atoms with Crippen LogP contribution in [0.3, 0.4) is 0 Å². The molecule has 0 bridgehead atoms. The average molecular weight is 426 g/mol.